The Labute approximate surface area is 174 Å². The first-order valence-corrected chi connectivity index (χ1v) is 9.98. The Bertz CT molecular complexity index is 676. The van der Waals surface area contributed by atoms with Gasteiger partial charge in [-0.1, -0.05) is 60.7 Å². The van der Waals surface area contributed by atoms with Crippen LogP contribution >= 0.6 is 12.4 Å². The fraction of sp³-hybridized carbons (Fsp3) is 0.435. The maximum Gasteiger partial charge on any atom is 0.220 e. The van der Waals surface area contributed by atoms with E-state index in [1.807, 2.05) is 48.5 Å². The lowest BCUT2D eigenvalue weighted by molar-refractivity contribution is -0.122. The van der Waals surface area contributed by atoms with Gasteiger partial charge in [-0.15, -0.1) is 12.4 Å². The summed E-state index contributed by atoms with van der Waals surface area (Å²) in [5, 5.41) is 6.56. The lowest BCUT2D eigenvalue weighted by Gasteiger charge is -2.23. The number of piperidine rings is 1. The fourth-order valence-corrected chi connectivity index (χ4v) is 3.55. The van der Waals surface area contributed by atoms with Crippen molar-refractivity contribution in [3.05, 3.63) is 71.8 Å². The van der Waals surface area contributed by atoms with Gasteiger partial charge in [-0.3, -0.25) is 4.79 Å². The van der Waals surface area contributed by atoms with E-state index < -0.39 is 0 Å². The first-order valence-electron chi connectivity index (χ1n) is 9.98. The molecule has 1 heterocycles. The highest BCUT2D eigenvalue weighted by Gasteiger charge is 2.18. The van der Waals surface area contributed by atoms with Crippen LogP contribution in [0.4, 0.5) is 0 Å². The van der Waals surface area contributed by atoms with Gasteiger partial charge in [-0.05, 0) is 49.4 Å². The van der Waals surface area contributed by atoms with Crippen molar-refractivity contribution in [3.8, 4) is 0 Å². The van der Waals surface area contributed by atoms with Crippen LogP contribution in [-0.4, -0.2) is 25.6 Å². The molecule has 0 bridgehead atoms. The summed E-state index contributed by atoms with van der Waals surface area (Å²) in [7, 11) is 0. The molecule has 3 rings (SSSR count). The van der Waals surface area contributed by atoms with Crippen molar-refractivity contribution in [1.82, 2.24) is 10.6 Å². The zero-order valence-electron chi connectivity index (χ0n) is 16.3. The van der Waals surface area contributed by atoms with E-state index in [0.29, 0.717) is 25.6 Å². The van der Waals surface area contributed by atoms with Crippen LogP contribution < -0.4 is 10.6 Å². The normalized spacial score (nSPS) is 15.4. The number of hydrogen-bond donors (Lipinski definition) is 2. The molecular weight excluding hydrogens is 372 g/mol. The van der Waals surface area contributed by atoms with Crippen molar-refractivity contribution in [3.63, 3.8) is 0 Å². The van der Waals surface area contributed by atoms with Crippen LogP contribution in [-0.2, 0) is 16.1 Å². The second-order valence-corrected chi connectivity index (χ2v) is 7.26. The first kappa shape index (κ1) is 22.4. The number of rotatable bonds is 9. The van der Waals surface area contributed by atoms with E-state index >= 15 is 0 Å². The van der Waals surface area contributed by atoms with Gasteiger partial charge in [-0.25, -0.2) is 0 Å². The number of carbonyl (C=O) groups excluding carboxylic acids is 1. The predicted molar refractivity (Wildman–Crippen MR) is 115 cm³/mol. The minimum atomic E-state index is -0.115. The van der Waals surface area contributed by atoms with E-state index in [2.05, 4.69) is 22.8 Å². The van der Waals surface area contributed by atoms with Crippen LogP contribution in [0.3, 0.4) is 0 Å². The molecule has 152 valence electrons. The Hall–Kier alpha value is -1.88. The summed E-state index contributed by atoms with van der Waals surface area (Å²) in [4.78, 5) is 12.5. The predicted octanol–water partition coefficient (Wildman–Crippen LogP) is 4.26. The third kappa shape index (κ3) is 7.63. The SMILES string of the molecule is Cl.O=C(CCC1CCNCC1)NC(COCc1ccccc1)c1ccccc1. The van der Waals surface area contributed by atoms with Gasteiger partial charge in [0.25, 0.3) is 0 Å². The average Bonchev–Trinajstić information content (AvgIpc) is 2.74. The highest BCUT2D eigenvalue weighted by atomic mass is 35.5. The minimum absolute atomic E-state index is 0. The molecule has 2 N–H and O–H groups in total. The molecule has 0 radical (unpaired) electrons. The van der Waals surface area contributed by atoms with Gasteiger partial charge < -0.3 is 15.4 Å². The maximum absolute atomic E-state index is 12.5. The van der Waals surface area contributed by atoms with Crippen LogP contribution in [0.1, 0.15) is 42.9 Å². The topological polar surface area (TPSA) is 50.4 Å². The highest BCUT2D eigenvalue weighted by Crippen LogP contribution is 2.19. The Balaban J connectivity index is 0.00000280. The molecule has 0 spiro atoms. The van der Waals surface area contributed by atoms with E-state index in [1.165, 1.54) is 12.8 Å². The molecule has 28 heavy (non-hydrogen) atoms. The Morgan fingerprint density at radius 3 is 2.36 bits per heavy atom. The second kappa shape index (κ2) is 12.6. The van der Waals surface area contributed by atoms with E-state index in [0.717, 1.165) is 30.6 Å². The first-order chi connectivity index (χ1) is 13.3. The summed E-state index contributed by atoms with van der Waals surface area (Å²) >= 11 is 0. The number of hydrogen-bond acceptors (Lipinski definition) is 3. The van der Waals surface area contributed by atoms with Gasteiger partial charge in [0, 0.05) is 6.42 Å². The largest absolute Gasteiger partial charge is 0.374 e. The summed E-state index contributed by atoms with van der Waals surface area (Å²) in [5.74, 6) is 0.784. The van der Waals surface area contributed by atoms with Gasteiger partial charge in [0.1, 0.15) is 0 Å². The molecule has 1 aliphatic rings. The smallest absolute Gasteiger partial charge is 0.220 e. The summed E-state index contributed by atoms with van der Waals surface area (Å²) in [6, 6.07) is 20.1. The molecular formula is C23H31ClN2O2. The van der Waals surface area contributed by atoms with Crippen molar-refractivity contribution in [2.45, 2.75) is 38.3 Å². The van der Waals surface area contributed by atoms with Crippen molar-refractivity contribution in [2.24, 2.45) is 5.92 Å². The summed E-state index contributed by atoms with van der Waals surface area (Å²) in [5.41, 5.74) is 2.22. The number of nitrogens with one attached hydrogen (secondary N) is 2. The Morgan fingerprint density at radius 2 is 1.68 bits per heavy atom. The highest BCUT2D eigenvalue weighted by molar-refractivity contribution is 5.85. The lowest BCUT2D eigenvalue weighted by atomic mass is 9.93. The van der Waals surface area contributed by atoms with E-state index in [4.69, 9.17) is 4.74 Å². The van der Waals surface area contributed by atoms with Crippen LogP contribution in [0.25, 0.3) is 0 Å². The molecule has 1 atom stereocenters. The standard InChI is InChI=1S/C23H30N2O2.ClH/c26-23(12-11-19-13-15-24-16-14-19)25-22(21-9-5-2-6-10-21)18-27-17-20-7-3-1-4-8-20;/h1-10,19,22,24H,11-18H2,(H,25,26);1H. The molecule has 1 fully saturated rings. The number of halogens is 1. The molecule has 1 aliphatic heterocycles. The van der Waals surface area contributed by atoms with Gasteiger partial charge in [-0.2, -0.15) is 0 Å². The summed E-state index contributed by atoms with van der Waals surface area (Å²) < 4.78 is 5.91. The van der Waals surface area contributed by atoms with E-state index in [1.54, 1.807) is 0 Å². The second-order valence-electron chi connectivity index (χ2n) is 7.26. The summed E-state index contributed by atoms with van der Waals surface area (Å²) in [6.07, 6.45) is 3.91. The van der Waals surface area contributed by atoms with Gasteiger partial charge in [0.2, 0.25) is 5.91 Å². The zero-order valence-corrected chi connectivity index (χ0v) is 17.1. The third-order valence-corrected chi connectivity index (χ3v) is 5.17. The summed E-state index contributed by atoms with van der Waals surface area (Å²) in [6.45, 7) is 3.17. The van der Waals surface area contributed by atoms with Crippen molar-refractivity contribution < 1.29 is 9.53 Å². The van der Waals surface area contributed by atoms with Crippen LogP contribution in [0.2, 0.25) is 0 Å². The molecule has 1 amide bonds. The molecule has 5 heteroatoms. The molecule has 0 aromatic heterocycles. The number of amides is 1. The average molecular weight is 403 g/mol. The van der Waals surface area contributed by atoms with Crippen molar-refractivity contribution in [2.75, 3.05) is 19.7 Å². The van der Waals surface area contributed by atoms with Crippen LogP contribution in [0.15, 0.2) is 60.7 Å². The number of carbonyl (C=O) groups is 1. The maximum atomic E-state index is 12.5. The monoisotopic (exact) mass is 402 g/mol. The Kier molecular flexibility index (Phi) is 10.0. The molecule has 1 unspecified atom stereocenters. The van der Waals surface area contributed by atoms with Gasteiger partial charge in [0.05, 0.1) is 19.3 Å². The molecule has 1 saturated heterocycles. The minimum Gasteiger partial charge on any atom is -0.374 e. The van der Waals surface area contributed by atoms with Gasteiger partial charge in [0.15, 0.2) is 0 Å². The number of ether oxygens (including phenoxy) is 1. The number of benzene rings is 2. The molecule has 0 saturated carbocycles. The molecule has 2 aromatic rings. The molecule has 4 nitrogen and oxygen atoms in total. The molecule has 0 aliphatic carbocycles. The van der Waals surface area contributed by atoms with Crippen molar-refractivity contribution >= 4 is 18.3 Å². The third-order valence-electron chi connectivity index (χ3n) is 5.17. The van der Waals surface area contributed by atoms with Gasteiger partial charge >= 0.3 is 0 Å². The zero-order chi connectivity index (χ0) is 18.7. The van der Waals surface area contributed by atoms with E-state index in [-0.39, 0.29) is 24.4 Å². The van der Waals surface area contributed by atoms with Crippen molar-refractivity contribution in [1.29, 1.82) is 0 Å². The lowest BCUT2D eigenvalue weighted by Crippen LogP contribution is -2.33. The quantitative estimate of drug-likeness (QED) is 0.658. The molecule has 2 aromatic carbocycles. The Morgan fingerprint density at radius 1 is 1.04 bits per heavy atom. The fourth-order valence-electron chi connectivity index (χ4n) is 3.55. The van der Waals surface area contributed by atoms with Crippen LogP contribution in [0.5, 0.6) is 0 Å². The van der Waals surface area contributed by atoms with E-state index in [9.17, 15) is 4.79 Å². The van der Waals surface area contributed by atoms with Crippen LogP contribution in [0, 0.1) is 5.92 Å².